The van der Waals surface area contributed by atoms with Gasteiger partial charge in [0.1, 0.15) is 5.75 Å². The summed E-state index contributed by atoms with van der Waals surface area (Å²) < 4.78 is 12.0. The normalized spacial score (nSPS) is 17.7. The van der Waals surface area contributed by atoms with Crippen molar-refractivity contribution in [2.45, 2.75) is 65.0 Å². The van der Waals surface area contributed by atoms with Gasteiger partial charge in [0, 0.05) is 0 Å². The number of hydrogen-bond acceptors (Lipinski definition) is 4. The van der Waals surface area contributed by atoms with E-state index in [9.17, 15) is 10.2 Å². The van der Waals surface area contributed by atoms with Gasteiger partial charge in [-0.1, -0.05) is 46.8 Å². The van der Waals surface area contributed by atoms with Crippen molar-refractivity contribution >= 4 is 8.32 Å². The molecule has 4 nitrogen and oxygen atoms in total. The third-order valence-electron chi connectivity index (χ3n) is 5.77. The summed E-state index contributed by atoms with van der Waals surface area (Å²) in [5.41, 5.74) is 1.08. The summed E-state index contributed by atoms with van der Waals surface area (Å²) in [5.74, 6) is 0.789. The monoisotopic (exact) mass is 368 g/mol. The van der Waals surface area contributed by atoms with Crippen LogP contribution < -0.4 is 4.74 Å². The molecule has 144 valence electrons. The summed E-state index contributed by atoms with van der Waals surface area (Å²) in [6, 6.07) is 7.95. The Morgan fingerprint density at radius 3 is 1.96 bits per heavy atom. The summed E-state index contributed by atoms with van der Waals surface area (Å²) >= 11 is 0. The molecule has 0 aromatic heterocycles. The van der Waals surface area contributed by atoms with Crippen LogP contribution in [-0.2, 0) is 4.43 Å². The highest BCUT2D eigenvalue weighted by Crippen LogP contribution is 2.43. The smallest absolute Gasteiger partial charge is 0.192 e. The molecule has 0 saturated carbocycles. The van der Waals surface area contributed by atoms with E-state index in [1.165, 1.54) is 0 Å². The first-order valence-corrected chi connectivity index (χ1v) is 12.0. The molecular formula is C20H36O4Si. The van der Waals surface area contributed by atoms with Gasteiger partial charge in [-0.15, -0.1) is 0 Å². The Hall–Kier alpha value is -0.883. The predicted molar refractivity (Wildman–Crippen MR) is 105 cm³/mol. The summed E-state index contributed by atoms with van der Waals surface area (Å²) in [5, 5.41) is 19.6. The minimum atomic E-state index is -2.00. The first-order chi connectivity index (χ1) is 11.4. The second-order valence-corrected chi connectivity index (χ2v) is 13.3. The largest absolute Gasteiger partial charge is 0.497 e. The van der Waals surface area contributed by atoms with Crippen LogP contribution >= 0.6 is 0 Å². The molecule has 25 heavy (non-hydrogen) atoms. The molecule has 0 aliphatic rings. The number of methoxy groups -OCH3 is 1. The topological polar surface area (TPSA) is 58.9 Å². The Morgan fingerprint density at radius 2 is 1.56 bits per heavy atom. The summed E-state index contributed by atoms with van der Waals surface area (Å²) in [4.78, 5) is 0. The molecular weight excluding hydrogens is 332 g/mol. The van der Waals surface area contributed by atoms with Crippen molar-refractivity contribution in [3.63, 3.8) is 0 Å². The van der Waals surface area contributed by atoms with Gasteiger partial charge in [0.05, 0.1) is 25.9 Å². The highest BCUT2D eigenvalue weighted by Gasteiger charge is 2.41. The molecule has 4 atom stereocenters. The van der Waals surface area contributed by atoms with E-state index >= 15 is 0 Å². The average molecular weight is 369 g/mol. The summed E-state index contributed by atoms with van der Waals surface area (Å²) in [6.07, 6.45) is -0.887. The molecule has 0 saturated heterocycles. The Labute approximate surface area is 154 Å². The second kappa shape index (κ2) is 8.67. The lowest BCUT2D eigenvalue weighted by Gasteiger charge is -2.42. The van der Waals surface area contributed by atoms with Crippen LogP contribution in [0.1, 0.15) is 46.3 Å². The fourth-order valence-electron chi connectivity index (χ4n) is 2.56. The molecule has 2 N–H and O–H groups in total. The van der Waals surface area contributed by atoms with Crippen LogP contribution in [0, 0.1) is 11.8 Å². The highest BCUT2D eigenvalue weighted by molar-refractivity contribution is 6.74. The number of aliphatic hydroxyl groups is 2. The minimum Gasteiger partial charge on any atom is -0.497 e. The maximum Gasteiger partial charge on any atom is 0.192 e. The molecule has 1 unspecified atom stereocenters. The maximum atomic E-state index is 10.1. The highest BCUT2D eigenvalue weighted by atomic mass is 28.4. The zero-order chi connectivity index (χ0) is 19.4. The number of rotatable bonds is 8. The lowest BCUT2D eigenvalue weighted by atomic mass is 9.84. The number of ether oxygens (including phenoxy) is 1. The van der Waals surface area contributed by atoms with Crippen molar-refractivity contribution in [2.75, 3.05) is 13.7 Å². The Balaban J connectivity index is 3.21. The van der Waals surface area contributed by atoms with Crippen LogP contribution in [0.2, 0.25) is 18.1 Å². The van der Waals surface area contributed by atoms with Crippen molar-refractivity contribution in [2.24, 2.45) is 11.8 Å². The zero-order valence-electron chi connectivity index (χ0n) is 17.0. The first kappa shape index (κ1) is 22.2. The molecule has 0 aliphatic carbocycles. The van der Waals surface area contributed by atoms with E-state index in [2.05, 4.69) is 40.8 Å². The van der Waals surface area contributed by atoms with E-state index in [1.54, 1.807) is 7.11 Å². The van der Waals surface area contributed by atoms with Crippen molar-refractivity contribution < 1.29 is 19.4 Å². The molecule has 1 aromatic rings. The van der Waals surface area contributed by atoms with Gasteiger partial charge in [-0.3, -0.25) is 0 Å². The molecule has 0 amide bonds. The SMILES string of the molecule is COc1ccc([C@H](O[Si](C)(C)C(C)(C)C)[C@H](C)[C@@H](C)C(O)CO)cc1. The molecule has 0 heterocycles. The van der Waals surface area contributed by atoms with Gasteiger partial charge in [-0.05, 0) is 47.7 Å². The summed E-state index contributed by atoms with van der Waals surface area (Å²) in [7, 11) is -0.348. The van der Waals surface area contributed by atoms with Crippen molar-refractivity contribution in [3.05, 3.63) is 29.8 Å². The van der Waals surface area contributed by atoms with Gasteiger partial charge in [-0.2, -0.15) is 0 Å². The van der Waals surface area contributed by atoms with E-state index in [-0.39, 0.29) is 29.6 Å². The first-order valence-electron chi connectivity index (χ1n) is 9.05. The van der Waals surface area contributed by atoms with Gasteiger partial charge in [0.2, 0.25) is 0 Å². The van der Waals surface area contributed by atoms with Gasteiger partial charge < -0.3 is 19.4 Å². The predicted octanol–water partition coefficient (Wildman–Crippen LogP) is 4.38. The standard InChI is InChI=1S/C20H36O4Si/c1-14(18(22)13-21)15(2)19(24-25(7,8)20(3,4)5)16-9-11-17(23-6)12-10-16/h9-12,14-15,18-19,21-22H,13H2,1-8H3/t14-,15-,18?,19-/m1/s1. The van der Waals surface area contributed by atoms with Crippen LogP contribution in [0.15, 0.2) is 24.3 Å². The van der Waals surface area contributed by atoms with Gasteiger partial charge in [0.25, 0.3) is 0 Å². The lowest BCUT2D eigenvalue weighted by Crippen LogP contribution is -2.44. The maximum absolute atomic E-state index is 10.1. The fourth-order valence-corrected chi connectivity index (χ4v) is 3.90. The van der Waals surface area contributed by atoms with Crippen LogP contribution in [0.4, 0.5) is 0 Å². The van der Waals surface area contributed by atoms with Gasteiger partial charge in [0.15, 0.2) is 8.32 Å². The van der Waals surface area contributed by atoms with Crippen molar-refractivity contribution in [1.29, 1.82) is 0 Å². The molecule has 0 aliphatic heterocycles. The second-order valence-electron chi connectivity index (χ2n) is 8.54. The third kappa shape index (κ3) is 5.54. The van der Waals surface area contributed by atoms with Crippen LogP contribution in [0.3, 0.4) is 0 Å². The Kier molecular flexibility index (Phi) is 7.68. The zero-order valence-corrected chi connectivity index (χ0v) is 18.0. The quantitative estimate of drug-likeness (QED) is 0.668. The molecule has 0 fully saturated rings. The minimum absolute atomic E-state index is 0.0599. The molecule has 1 aromatic carbocycles. The molecule has 0 spiro atoms. The van der Waals surface area contributed by atoms with Gasteiger partial charge in [-0.25, -0.2) is 0 Å². The van der Waals surface area contributed by atoms with E-state index < -0.39 is 14.4 Å². The number of hydrogen-bond donors (Lipinski definition) is 2. The van der Waals surface area contributed by atoms with Crippen LogP contribution in [0.25, 0.3) is 0 Å². The number of aliphatic hydroxyl groups excluding tert-OH is 2. The van der Waals surface area contributed by atoms with Crippen LogP contribution in [0.5, 0.6) is 5.75 Å². The Morgan fingerprint density at radius 1 is 1.04 bits per heavy atom. The van der Waals surface area contributed by atoms with Gasteiger partial charge >= 0.3 is 0 Å². The molecule has 5 heteroatoms. The van der Waals surface area contributed by atoms with E-state index in [1.807, 2.05) is 31.2 Å². The van der Waals surface area contributed by atoms with Crippen molar-refractivity contribution in [3.8, 4) is 5.75 Å². The van der Waals surface area contributed by atoms with E-state index in [4.69, 9.17) is 9.16 Å². The lowest BCUT2D eigenvalue weighted by molar-refractivity contribution is -0.00114. The van der Waals surface area contributed by atoms with E-state index in [0.717, 1.165) is 11.3 Å². The average Bonchev–Trinajstić information content (AvgIpc) is 2.56. The Bertz CT molecular complexity index is 521. The molecule has 0 bridgehead atoms. The van der Waals surface area contributed by atoms with Crippen molar-refractivity contribution in [1.82, 2.24) is 0 Å². The summed E-state index contributed by atoms with van der Waals surface area (Å²) in [6.45, 7) is 15.0. The van der Waals surface area contributed by atoms with E-state index in [0.29, 0.717) is 0 Å². The number of benzene rings is 1. The molecule has 1 rings (SSSR count). The molecule has 0 radical (unpaired) electrons. The third-order valence-corrected chi connectivity index (χ3v) is 10.2. The van der Waals surface area contributed by atoms with Crippen LogP contribution in [-0.4, -0.2) is 38.4 Å². The fraction of sp³-hybridized carbons (Fsp3) is 0.700.